The molecule has 0 aliphatic heterocycles. The zero-order chi connectivity index (χ0) is 19.8. The van der Waals surface area contributed by atoms with E-state index < -0.39 is 0 Å². The maximum Gasteiger partial charge on any atom is 0.225 e. The summed E-state index contributed by atoms with van der Waals surface area (Å²) in [4.78, 5) is 32.9. The summed E-state index contributed by atoms with van der Waals surface area (Å²) in [7, 11) is 0. The molecule has 7 heteroatoms. The van der Waals surface area contributed by atoms with Gasteiger partial charge in [-0.3, -0.25) is 14.6 Å². The van der Waals surface area contributed by atoms with Gasteiger partial charge in [-0.25, -0.2) is 9.50 Å². The molecule has 0 radical (unpaired) electrons. The lowest BCUT2D eigenvalue weighted by molar-refractivity contribution is -0.117. The van der Waals surface area contributed by atoms with E-state index >= 15 is 0 Å². The van der Waals surface area contributed by atoms with Crippen molar-refractivity contribution in [3.8, 4) is 11.3 Å². The van der Waals surface area contributed by atoms with Gasteiger partial charge in [0.1, 0.15) is 0 Å². The molecule has 0 bridgehead atoms. The van der Waals surface area contributed by atoms with Crippen LogP contribution in [-0.4, -0.2) is 31.3 Å². The van der Waals surface area contributed by atoms with Crippen LogP contribution < -0.4 is 5.32 Å². The zero-order valence-electron chi connectivity index (χ0n) is 16.3. The standard InChI is InChI=1S/C21H23N5O2/c1-12-16(14(3)27)10-17(13(2)22-12)18-7-8-20-23-19(11-26(20)25-18)24-21(28)9-15-5-4-6-15/h7-8,10-11,15H,4-6,9H2,1-3H3,(H,24,28). The van der Waals surface area contributed by atoms with Crippen LogP contribution in [0.4, 0.5) is 5.82 Å². The molecule has 28 heavy (non-hydrogen) atoms. The van der Waals surface area contributed by atoms with Gasteiger partial charge in [0.15, 0.2) is 17.2 Å². The molecule has 1 saturated carbocycles. The van der Waals surface area contributed by atoms with Crippen LogP contribution in [0.2, 0.25) is 0 Å². The molecule has 4 rings (SSSR count). The van der Waals surface area contributed by atoms with Gasteiger partial charge in [-0.2, -0.15) is 5.10 Å². The second kappa shape index (κ2) is 7.14. The molecule has 1 amide bonds. The van der Waals surface area contributed by atoms with Crippen LogP contribution in [0, 0.1) is 19.8 Å². The minimum Gasteiger partial charge on any atom is -0.309 e. The predicted molar refractivity (Wildman–Crippen MR) is 106 cm³/mol. The Bertz CT molecular complexity index is 1080. The summed E-state index contributed by atoms with van der Waals surface area (Å²) in [6, 6.07) is 5.54. The highest BCUT2D eigenvalue weighted by atomic mass is 16.1. The first-order valence-electron chi connectivity index (χ1n) is 9.56. The van der Waals surface area contributed by atoms with Gasteiger partial charge in [-0.15, -0.1) is 0 Å². The molecule has 3 aromatic rings. The third-order valence-electron chi connectivity index (χ3n) is 5.35. The molecule has 1 N–H and O–H groups in total. The Morgan fingerprint density at radius 2 is 1.96 bits per heavy atom. The molecule has 1 aliphatic carbocycles. The summed E-state index contributed by atoms with van der Waals surface area (Å²) in [5.41, 5.74) is 4.27. The summed E-state index contributed by atoms with van der Waals surface area (Å²) in [5.74, 6) is 0.982. The lowest BCUT2D eigenvalue weighted by Gasteiger charge is -2.24. The van der Waals surface area contributed by atoms with Crippen molar-refractivity contribution in [3.63, 3.8) is 0 Å². The number of aromatic nitrogens is 4. The third kappa shape index (κ3) is 3.52. The Balaban J connectivity index is 1.62. The van der Waals surface area contributed by atoms with E-state index in [-0.39, 0.29) is 11.7 Å². The first kappa shape index (κ1) is 18.3. The zero-order valence-corrected chi connectivity index (χ0v) is 16.3. The van der Waals surface area contributed by atoms with E-state index in [4.69, 9.17) is 0 Å². The van der Waals surface area contributed by atoms with Crippen LogP contribution in [0.3, 0.4) is 0 Å². The van der Waals surface area contributed by atoms with Crippen LogP contribution in [0.5, 0.6) is 0 Å². The summed E-state index contributed by atoms with van der Waals surface area (Å²) >= 11 is 0. The molecule has 7 nitrogen and oxygen atoms in total. The SMILES string of the molecule is CC(=O)c1cc(-c2ccc3nc(NC(=O)CC4CCC4)cn3n2)c(C)nc1C. The quantitative estimate of drug-likeness (QED) is 0.684. The van der Waals surface area contributed by atoms with E-state index in [1.165, 1.54) is 13.3 Å². The lowest BCUT2D eigenvalue weighted by Crippen LogP contribution is -2.20. The predicted octanol–water partition coefficient (Wildman–Crippen LogP) is 3.74. The Morgan fingerprint density at radius 3 is 2.64 bits per heavy atom. The van der Waals surface area contributed by atoms with E-state index in [0.29, 0.717) is 40.8 Å². The number of hydrogen-bond acceptors (Lipinski definition) is 5. The van der Waals surface area contributed by atoms with Gasteiger partial charge in [-0.1, -0.05) is 6.42 Å². The molecular formula is C21H23N5O2. The number of carbonyl (C=O) groups is 2. The summed E-state index contributed by atoms with van der Waals surface area (Å²) < 4.78 is 1.64. The fourth-order valence-corrected chi connectivity index (χ4v) is 3.58. The summed E-state index contributed by atoms with van der Waals surface area (Å²) in [5, 5.41) is 7.47. The Hall–Kier alpha value is -3.09. The third-order valence-corrected chi connectivity index (χ3v) is 5.35. The average Bonchev–Trinajstić information content (AvgIpc) is 2.99. The first-order valence-corrected chi connectivity index (χ1v) is 9.56. The number of rotatable bonds is 5. The van der Waals surface area contributed by atoms with Crippen LogP contribution >= 0.6 is 0 Å². The fraction of sp³-hybridized carbons (Fsp3) is 0.381. The monoisotopic (exact) mass is 377 g/mol. The molecular weight excluding hydrogens is 354 g/mol. The number of ketones is 1. The largest absolute Gasteiger partial charge is 0.309 e. The van der Waals surface area contributed by atoms with Gasteiger partial charge >= 0.3 is 0 Å². The summed E-state index contributed by atoms with van der Waals surface area (Å²) in [6.45, 7) is 5.27. The fourth-order valence-electron chi connectivity index (χ4n) is 3.58. The highest BCUT2D eigenvalue weighted by Crippen LogP contribution is 2.29. The minimum atomic E-state index is -0.0218. The van der Waals surface area contributed by atoms with Crippen LogP contribution in [0.1, 0.15) is 54.4 Å². The Labute approximate surface area is 163 Å². The molecule has 144 valence electrons. The number of anilines is 1. The maximum atomic E-state index is 12.1. The molecule has 0 saturated heterocycles. The van der Waals surface area contributed by atoms with Crippen molar-refractivity contribution in [2.24, 2.45) is 5.92 Å². The van der Waals surface area contributed by atoms with Gasteiger partial charge in [-0.05, 0) is 57.7 Å². The number of imidazole rings is 1. The summed E-state index contributed by atoms with van der Waals surface area (Å²) in [6.07, 6.45) is 5.75. The van der Waals surface area contributed by atoms with Crippen molar-refractivity contribution in [1.29, 1.82) is 0 Å². The Morgan fingerprint density at radius 1 is 1.18 bits per heavy atom. The van der Waals surface area contributed by atoms with E-state index in [1.807, 2.05) is 32.0 Å². The minimum absolute atomic E-state index is 0.00184. The number of fused-ring (bicyclic) bond motifs is 1. The molecule has 1 aliphatic rings. The number of Topliss-reactive ketones (excluding diaryl/α,β-unsaturated/α-hetero) is 1. The normalized spacial score (nSPS) is 14.1. The second-order valence-electron chi connectivity index (χ2n) is 7.51. The highest BCUT2D eigenvalue weighted by molar-refractivity contribution is 5.96. The highest BCUT2D eigenvalue weighted by Gasteiger charge is 2.21. The molecule has 3 heterocycles. The van der Waals surface area contributed by atoms with Gasteiger partial charge in [0.2, 0.25) is 5.91 Å². The molecule has 0 atom stereocenters. The number of nitrogens with zero attached hydrogens (tertiary/aromatic N) is 4. The lowest BCUT2D eigenvalue weighted by atomic mass is 9.83. The van der Waals surface area contributed by atoms with Crippen molar-refractivity contribution < 1.29 is 9.59 Å². The van der Waals surface area contributed by atoms with E-state index in [0.717, 1.165) is 24.1 Å². The number of aryl methyl sites for hydroxylation is 2. The van der Waals surface area contributed by atoms with Gasteiger partial charge in [0, 0.05) is 28.9 Å². The van der Waals surface area contributed by atoms with E-state index in [9.17, 15) is 9.59 Å². The average molecular weight is 377 g/mol. The van der Waals surface area contributed by atoms with Gasteiger partial charge in [0.25, 0.3) is 0 Å². The van der Waals surface area contributed by atoms with Crippen molar-refractivity contribution in [2.45, 2.75) is 46.5 Å². The van der Waals surface area contributed by atoms with Crippen molar-refractivity contribution in [2.75, 3.05) is 5.32 Å². The smallest absolute Gasteiger partial charge is 0.225 e. The van der Waals surface area contributed by atoms with Crippen LogP contribution in [0.15, 0.2) is 24.4 Å². The number of hydrogen-bond donors (Lipinski definition) is 1. The number of nitrogens with one attached hydrogen (secondary N) is 1. The molecule has 0 spiro atoms. The van der Waals surface area contributed by atoms with E-state index in [1.54, 1.807) is 10.7 Å². The van der Waals surface area contributed by atoms with Crippen molar-refractivity contribution in [3.05, 3.63) is 41.3 Å². The molecule has 1 fully saturated rings. The second-order valence-corrected chi connectivity index (χ2v) is 7.51. The number of amides is 1. The molecule has 0 unspecified atom stereocenters. The first-order chi connectivity index (χ1) is 13.4. The van der Waals surface area contributed by atoms with Crippen LogP contribution in [0.25, 0.3) is 16.9 Å². The van der Waals surface area contributed by atoms with Crippen molar-refractivity contribution >= 4 is 23.2 Å². The van der Waals surface area contributed by atoms with E-state index in [2.05, 4.69) is 20.4 Å². The number of carbonyl (C=O) groups excluding carboxylic acids is 2. The number of pyridine rings is 1. The van der Waals surface area contributed by atoms with Gasteiger partial charge in [0.05, 0.1) is 11.9 Å². The molecule has 0 aromatic carbocycles. The van der Waals surface area contributed by atoms with Gasteiger partial charge < -0.3 is 5.32 Å². The molecule has 3 aromatic heterocycles. The van der Waals surface area contributed by atoms with Crippen LogP contribution in [-0.2, 0) is 4.79 Å². The Kier molecular flexibility index (Phi) is 4.66. The maximum absolute atomic E-state index is 12.1. The van der Waals surface area contributed by atoms with Crippen molar-refractivity contribution in [1.82, 2.24) is 19.6 Å². The topological polar surface area (TPSA) is 89.2 Å².